The van der Waals surface area contributed by atoms with Crippen molar-refractivity contribution in [3.8, 4) is 11.4 Å². The molecule has 3 aromatic rings. The standard InChI is InChI=1S/C26H24F3N3O3/c1-15-11-31(14-30-15)22-6-3-16(8-24(22)34-2)7-17-4-5-19-12-35-13-23(32(19)26(17)33)18-9-20(27)25(29)21(28)10-18/h3,6-11,14,19,23H,4-5,12-13H2,1-2H3/b17-7+/t19-,23-/m0/s1. The largest absolute Gasteiger partial charge is 0.495 e. The molecule has 0 radical (unpaired) electrons. The number of rotatable bonds is 4. The number of carbonyl (C=O) groups is 1. The first kappa shape index (κ1) is 23.2. The molecule has 9 heteroatoms. The molecule has 1 amide bonds. The van der Waals surface area contributed by atoms with Crippen LogP contribution in [0.25, 0.3) is 11.8 Å². The summed E-state index contributed by atoms with van der Waals surface area (Å²) in [6.45, 7) is 2.32. The Morgan fingerprint density at radius 3 is 2.60 bits per heavy atom. The maximum Gasteiger partial charge on any atom is 0.250 e. The lowest BCUT2D eigenvalue weighted by molar-refractivity contribution is -0.145. The van der Waals surface area contributed by atoms with Gasteiger partial charge in [-0.3, -0.25) is 4.79 Å². The van der Waals surface area contributed by atoms with Gasteiger partial charge in [0.15, 0.2) is 17.5 Å². The zero-order valence-corrected chi connectivity index (χ0v) is 19.3. The number of hydrogen-bond donors (Lipinski definition) is 0. The minimum atomic E-state index is -1.53. The SMILES string of the molecule is COc1cc(/C=C2\CC[C@H]3COC[C@@H](c4cc(F)c(F)c(F)c4)N3C2=O)ccc1-n1cnc(C)c1. The van der Waals surface area contributed by atoms with Crippen LogP contribution < -0.4 is 4.74 Å². The zero-order valence-electron chi connectivity index (χ0n) is 19.3. The van der Waals surface area contributed by atoms with Gasteiger partial charge in [0.2, 0.25) is 0 Å². The second-order valence-electron chi connectivity index (χ2n) is 8.78. The Balaban J connectivity index is 1.46. The number of ether oxygens (including phenoxy) is 2. The van der Waals surface area contributed by atoms with Gasteiger partial charge in [-0.15, -0.1) is 0 Å². The van der Waals surface area contributed by atoms with E-state index in [1.54, 1.807) is 18.3 Å². The second-order valence-corrected chi connectivity index (χ2v) is 8.78. The van der Waals surface area contributed by atoms with E-state index >= 15 is 0 Å². The topological polar surface area (TPSA) is 56.6 Å². The van der Waals surface area contributed by atoms with Gasteiger partial charge in [-0.2, -0.15) is 0 Å². The number of fused-ring (bicyclic) bond motifs is 1. The third-order valence-electron chi connectivity index (χ3n) is 6.50. The van der Waals surface area contributed by atoms with Crippen molar-refractivity contribution in [3.63, 3.8) is 0 Å². The highest BCUT2D eigenvalue weighted by Gasteiger charge is 2.40. The number of carbonyl (C=O) groups excluding carboxylic acids is 1. The predicted octanol–water partition coefficient (Wildman–Crippen LogP) is 4.75. The quantitative estimate of drug-likeness (QED) is 0.397. The number of amides is 1. The number of morpholine rings is 1. The Morgan fingerprint density at radius 1 is 1.14 bits per heavy atom. The fourth-order valence-corrected chi connectivity index (χ4v) is 4.77. The molecule has 0 aliphatic carbocycles. The van der Waals surface area contributed by atoms with Gasteiger partial charge in [0.25, 0.3) is 5.91 Å². The number of halogens is 3. The van der Waals surface area contributed by atoms with E-state index in [0.29, 0.717) is 30.8 Å². The number of aryl methyl sites for hydroxylation is 1. The van der Waals surface area contributed by atoms with Crippen molar-refractivity contribution < 1.29 is 27.4 Å². The van der Waals surface area contributed by atoms with Crippen LogP contribution in [0.15, 0.2) is 48.4 Å². The fourth-order valence-electron chi connectivity index (χ4n) is 4.77. The first-order valence-electron chi connectivity index (χ1n) is 11.3. The highest BCUT2D eigenvalue weighted by atomic mass is 19.2. The molecule has 2 fully saturated rings. The lowest BCUT2D eigenvalue weighted by atomic mass is 9.91. The second kappa shape index (κ2) is 9.22. The van der Waals surface area contributed by atoms with Crippen LogP contribution in [0.2, 0.25) is 0 Å². The number of piperidine rings is 1. The molecule has 1 aromatic heterocycles. The average molecular weight is 483 g/mol. The van der Waals surface area contributed by atoms with Crippen LogP contribution in [0, 0.1) is 24.4 Å². The van der Waals surface area contributed by atoms with Crippen LogP contribution in [0.1, 0.15) is 35.7 Å². The van der Waals surface area contributed by atoms with Gasteiger partial charge in [0, 0.05) is 11.8 Å². The van der Waals surface area contributed by atoms with E-state index in [1.165, 1.54) is 0 Å². The molecule has 6 nitrogen and oxygen atoms in total. The highest BCUT2D eigenvalue weighted by Crippen LogP contribution is 2.37. The van der Waals surface area contributed by atoms with Crippen LogP contribution in [0.5, 0.6) is 5.75 Å². The molecule has 0 saturated carbocycles. The highest BCUT2D eigenvalue weighted by molar-refractivity contribution is 5.99. The zero-order chi connectivity index (χ0) is 24.7. The van der Waals surface area contributed by atoms with Crippen molar-refractivity contribution >= 4 is 12.0 Å². The number of nitrogens with zero attached hydrogens (tertiary/aromatic N) is 3. The monoisotopic (exact) mass is 483 g/mol. The molecule has 2 saturated heterocycles. The first-order valence-corrected chi connectivity index (χ1v) is 11.3. The minimum absolute atomic E-state index is 0.0763. The summed E-state index contributed by atoms with van der Waals surface area (Å²) in [5, 5.41) is 0. The van der Waals surface area contributed by atoms with Crippen molar-refractivity contribution in [1.29, 1.82) is 0 Å². The molecule has 2 aromatic carbocycles. The Morgan fingerprint density at radius 2 is 1.91 bits per heavy atom. The van der Waals surface area contributed by atoms with E-state index in [1.807, 2.05) is 42.0 Å². The molecule has 3 heterocycles. The summed E-state index contributed by atoms with van der Waals surface area (Å²) >= 11 is 0. The van der Waals surface area contributed by atoms with E-state index in [9.17, 15) is 18.0 Å². The van der Waals surface area contributed by atoms with E-state index in [-0.39, 0.29) is 24.1 Å². The Kier molecular flexibility index (Phi) is 6.10. The molecule has 2 aliphatic heterocycles. The maximum absolute atomic E-state index is 13.9. The molecule has 0 spiro atoms. The summed E-state index contributed by atoms with van der Waals surface area (Å²) < 4.78 is 54.4. The van der Waals surface area contributed by atoms with Gasteiger partial charge in [-0.1, -0.05) is 6.07 Å². The molecular formula is C26H24F3N3O3. The van der Waals surface area contributed by atoms with Crippen LogP contribution in [0.3, 0.4) is 0 Å². The normalized spacial score (nSPS) is 21.3. The molecule has 5 rings (SSSR count). The molecule has 2 atom stereocenters. The summed E-state index contributed by atoms with van der Waals surface area (Å²) in [5.41, 5.74) is 3.22. The molecule has 35 heavy (non-hydrogen) atoms. The minimum Gasteiger partial charge on any atom is -0.495 e. The van der Waals surface area contributed by atoms with Crippen LogP contribution in [-0.2, 0) is 9.53 Å². The number of methoxy groups -OCH3 is 1. The van der Waals surface area contributed by atoms with Gasteiger partial charge >= 0.3 is 0 Å². The summed E-state index contributed by atoms with van der Waals surface area (Å²) in [7, 11) is 1.58. The summed E-state index contributed by atoms with van der Waals surface area (Å²) in [4.78, 5) is 19.4. The average Bonchev–Trinajstić information content (AvgIpc) is 3.29. The van der Waals surface area contributed by atoms with E-state index in [4.69, 9.17) is 9.47 Å². The first-order chi connectivity index (χ1) is 16.9. The van der Waals surface area contributed by atoms with E-state index in [2.05, 4.69) is 4.98 Å². The van der Waals surface area contributed by atoms with Crippen LogP contribution in [0.4, 0.5) is 13.2 Å². The Labute approximate surface area is 200 Å². The summed E-state index contributed by atoms with van der Waals surface area (Å²) in [6.07, 6.45) is 6.58. The lowest BCUT2D eigenvalue weighted by Gasteiger charge is -2.45. The molecule has 0 N–H and O–H groups in total. The predicted molar refractivity (Wildman–Crippen MR) is 123 cm³/mol. The van der Waals surface area contributed by atoms with Gasteiger partial charge in [0.05, 0.1) is 50.1 Å². The number of hydrogen-bond acceptors (Lipinski definition) is 4. The fraction of sp³-hybridized carbons (Fsp3) is 0.308. The van der Waals surface area contributed by atoms with Gasteiger partial charge < -0.3 is 18.9 Å². The van der Waals surface area contributed by atoms with Crippen molar-refractivity contribution in [1.82, 2.24) is 14.5 Å². The van der Waals surface area contributed by atoms with Crippen molar-refractivity contribution in [2.24, 2.45) is 0 Å². The van der Waals surface area contributed by atoms with Crippen LogP contribution in [-0.4, -0.2) is 46.7 Å². The third-order valence-corrected chi connectivity index (χ3v) is 6.50. The number of aromatic nitrogens is 2. The van der Waals surface area contributed by atoms with Gasteiger partial charge in [0.1, 0.15) is 5.75 Å². The molecule has 182 valence electrons. The van der Waals surface area contributed by atoms with E-state index in [0.717, 1.165) is 29.1 Å². The maximum atomic E-state index is 13.9. The van der Waals surface area contributed by atoms with Gasteiger partial charge in [-0.25, -0.2) is 18.2 Å². The van der Waals surface area contributed by atoms with Crippen molar-refractivity contribution in [2.75, 3.05) is 20.3 Å². The lowest BCUT2D eigenvalue weighted by Crippen LogP contribution is -2.53. The van der Waals surface area contributed by atoms with Crippen molar-refractivity contribution in [3.05, 3.63) is 82.7 Å². The number of benzene rings is 2. The van der Waals surface area contributed by atoms with Crippen molar-refractivity contribution in [2.45, 2.75) is 31.8 Å². The molecular weight excluding hydrogens is 459 g/mol. The molecule has 0 bridgehead atoms. The Hall–Kier alpha value is -3.59. The van der Waals surface area contributed by atoms with Crippen LogP contribution >= 0.6 is 0 Å². The van der Waals surface area contributed by atoms with Gasteiger partial charge in [-0.05, 0) is 61.2 Å². The molecule has 2 aliphatic rings. The molecule has 0 unspecified atom stereocenters. The third kappa shape index (κ3) is 4.32. The summed E-state index contributed by atoms with van der Waals surface area (Å²) in [5.74, 6) is -3.71. The Bertz CT molecular complexity index is 1300. The van der Waals surface area contributed by atoms with E-state index < -0.39 is 23.5 Å². The smallest absolute Gasteiger partial charge is 0.250 e. The summed E-state index contributed by atoms with van der Waals surface area (Å²) in [6, 6.07) is 6.55. The number of imidazole rings is 1.